The molecule has 0 spiro atoms. The summed E-state index contributed by atoms with van der Waals surface area (Å²) in [5, 5.41) is 8.89. The van der Waals surface area contributed by atoms with Crippen molar-refractivity contribution in [3.63, 3.8) is 0 Å². The molecule has 0 aromatic heterocycles. The Bertz CT molecular complexity index is 1040. The maximum absolute atomic E-state index is 10.4. The number of carboxylic acid groups (broad SMARTS) is 1. The maximum Gasteiger partial charge on any atom is 1.20 e. The molecule has 0 rings (SSSR count). The summed E-state index contributed by atoms with van der Waals surface area (Å²) in [6.45, 7) is 14.6. The van der Waals surface area contributed by atoms with Gasteiger partial charge in [0.2, 0.25) is 0 Å². The summed E-state index contributed by atoms with van der Waals surface area (Å²) >= 11 is -11.8. The number of aliphatic carboxylic acids is 1. The minimum absolute atomic E-state index is 0. The number of carbonyl (C=O) groups is 13. The molecule has 0 amide bonds. The molecule has 57 heavy (non-hydrogen) atoms. The van der Waals surface area contributed by atoms with Gasteiger partial charge < -0.3 is 55.4 Å². The van der Waals surface area contributed by atoms with Crippen molar-refractivity contribution in [2.75, 3.05) is 0 Å². The van der Waals surface area contributed by atoms with Crippen LogP contribution in [0.15, 0.2) is 0 Å². The number of carbonyl (C=O) groups excluding carboxylic acids is 13. The van der Waals surface area contributed by atoms with Crippen molar-refractivity contribution >= 4 is 138 Å². The van der Waals surface area contributed by atoms with Crippen LogP contribution in [-0.4, -0.2) is 138 Å². The monoisotopic (exact) mass is 898 g/mol. The summed E-state index contributed by atoms with van der Waals surface area (Å²) in [6.07, 6.45) is 0. The molecule has 0 aromatic carbocycles. The van der Waals surface area contributed by atoms with Gasteiger partial charge >= 0.3 is 90.2 Å². The second-order valence-corrected chi connectivity index (χ2v) is 14.1. The van der Waals surface area contributed by atoms with E-state index < -0.39 is 138 Å². The molecule has 0 aromatic rings. The van der Waals surface area contributed by atoms with Gasteiger partial charge in [-0.15, -0.1) is 0 Å². The first-order valence-corrected chi connectivity index (χ1v) is 20.3. The number of hydrogen-bond donors (Lipinski definition) is 0. The number of hydrogen-bond acceptors (Lipinski definition) is 26. The zero-order valence-corrected chi connectivity index (χ0v) is 40.0. The van der Waals surface area contributed by atoms with E-state index in [2.05, 4.69) is 45.5 Å². The van der Waals surface area contributed by atoms with E-state index in [1.807, 2.05) is 0 Å². The second-order valence-electron chi connectivity index (χ2n) is 8.96. The summed E-state index contributed by atoms with van der Waals surface area (Å²) in [4.78, 5) is 134. The average Bonchev–Trinajstić information content (AvgIpc) is 2.89. The largest absolute Gasteiger partial charge is 1.20 e. The minimum Gasteiger partial charge on any atom is -0.551 e. The van der Waals surface area contributed by atoms with E-state index in [9.17, 15) is 57.5 Å². The van der Waals surface area contributed by atoms with Crippen LogP contribution in [0.2, 0.25) is 0 Å². The van der Waals surface area contributed by atoms with E-state index in [0.29, 0.717) is 0 Å². The van der Waals surface area contributed by atoms with Crippen LogP contribution < -0.4 is 34.7 Å². The van der Waals surface area contributed by atoms with Crippen LogP contribution in [0.3, 0.4) is 0 Å². The topological polar surface area (TPSA) is 356 Å². The van der Waals surface area contributed by atoms with Crippen molar-refractivity contribution in [3.8, 4) is 0 Å². The average molecular weight is 898 g/mol. The van der Waals surface area contributed by atoms with E-state index in [-0.39, 0.29) is 29.6 Å². The Morgan fingerprint density at radius 3 is 0.333 bits per heavy atom. The molecule has 0 fully saturated rings. The molecule has 0 saturated carbocycles. The number of carboxylic acids is 1. The number of rotatable bonds is 12. The van der Waals surface area contributed by atoms with Crippen LogP contribution in [0.1, 0.15) is 90.0 Å². The molecule has 0 saturated heterocycles. The third kappa shape index (κ3) is 67.4. The van der Waals surface area contributed by atoms with Gasteiger partial charge in [-0.3, -0.25) is 57.5 Å². The van der Waals surface area contributed by atoms with Gasteiger partial charge in [-0.1, -0.05) is 0 Å². The van der Waals surface area contributed by atoms with Gasteiger partial charge in [-0.25, -0.2) is 0 Å². The zero-order valence-electron chi connectivity index (χ0n) is 33.4. The van der Waals surface area contributed by atoms with Crippen molar-refractivity contribution in [3.05, 3.63) is 0 Å². The summed E-state index contributed by atoms with van der Waals surface area (Å²) in [7, 11) is 0. The first-order valence-electron chi connectivity index (χ1n) is 14.6. The third-order valence-electron chi connectivity index (χ3n) is 3.15. The SMILES string of the molecule is CC(=O)[O-].CC(=O)[O][Al]([O]C(C)=O)[O]C(C)=O.CC(=O)[O][Al]([O]C(C)=O)[O]C(C)=O.CC(=O)[O][Al]([O]C(C)=O)[O]C(C)=O.CC(=O)[O][Al]([O]C(C)=O)[O]C(C)=O.[Na+]. The standard InChI is InChI=1S/13C2H4O2.4Al.Na/c13*1-2(3)4;;;;;/h13*1H3,(H,3,4);;;;;/q;;;;;;;;;;;;;4*+3;+1/p-13. The van der Waals surface area contributed by atoms with E-state index in [0.717, 1.165) is 90.0 Å². The Hall–Kier alpha value is -3.76. The van der Waals surface area contributed by atoms with Crippen molar-refractivity contribution in [1.29, 1.82) is 0 Å². The molecule has 26 nitrogen and oxygen atoms in total. The van der Waals surface area contributed by atoms with Gasteiger partial charge in [-0.05, 0) is 6.92 Å². The molecule has 312 valence electrons. The van der Waals surface area contributed by atoms with Gasteiger partial charge in [0.15, 0.2) is 0 Å². The van der Waals surface area contributed by atoms with E-state index in [1.54, 1.807) is 0 Å². The quantitative estimate of drug-likeness (QED) is 0.165. The third-order valence-corrected chi connectivity index (χ3v) is 9.44. The smallest absolute Gasteiger partial charge is 0.551 e. The van der Waals surface area contributed by atoms with Crippen LogP contribution >= 0.6 is 0 Å². The van der Waals surface area contributed by atoms with Gasteiger partial charge in [0.1, 0.15) is 0 Å². The summed E-state index contributed by atoms with van der Waals surface area (Å²) < 4.78 is 53.8. The normalized spacial score (nSPS) is 8.23. The molecule has 0 N–H and O–H groups in total. The van der Waals surface area contributed by atoms with Crippen LogP contribution in [0.25, 0.3) is 0 Å². The second kappa shape index (κ2) is 39.1. The Morgan fingerprint density at radius 1 is 0.246 bits per heavy atom. The first kappa shape index (κ1) is 65.1. The molecule has 0 aliphatic carbocycles. The molecule has 0 radical (unpaired) electrons. The van der Waals surface area contributed by atoms with Crippen LogP contribution in [-0.2, 0) is 108 Å². The summed E-state index contributed by atoms with van der Waals surface area (Å²) in [6, 6.07) is 0. The first-order chi connectivity index (χ1) is 25.4. The molecule has 0 aliphatic rings. The minimum atomic E-state index is -2.96. The van der Waals surface area contributed by atoms with Crippen LogP contribution in [0, 0.1) is 0 Å². The maximum atomic E-state index is 10.4. The fourth-order valence-corrected chi connectivity index (χ4v) is 5.74. The van der Waals surface area contributed by atoms with E-state index in [4.69, 9.17) is 9.90 Å². The molecule has 0 heterocycles. The van der Waals surface area contributed by atoms with E-state index in [1.165, 1.54) is 0 Å². The molecule has 0 aliphatic heterocycles. The molecular weight excluding hydrogens is 859 g/mol. The molecule has 0 unspecified atom stereocenters. The van der Waals surface area contributed by atoms with Gasteiger partial charge in [0, 0.05) is 89.1 Å². The summed E-state index contributed by atoms with van der Waals surface area (Å²) in [5.74, 6) is -8.93. The van der Waals surface area contributed by atoms with Crippen LogP contribution in [0.4, 0.5) is 0 Å². The van der Waals surface area contributed by atoms with E-state index >= 15 is 0 Å². The van der Waals surface area contributed by atoms with Crippen molar-refractivity contribution in [2.45, 2.75) is 90.0 Å². The van der Waals surface area contributed by atoms with Crippen LogP contribution in [0.5, 0.6) is 0 Å². The van der Waals surface area contributed by atoms with Gasteiger partial charge in [0.05, 0.1) is 0 Å². The van der Waals surface area contributed by atoms with Crippen molar-refractivity contribution in [1.82, 2.24) is 0 Å². The Kier molecular flexibility index (Phi) is 44.6. The predicted octanol–water partition coefficient (Wildman–Crippen LogP) is -5.60. The molecule has 0 bridgehead atoms. The van der Waals surface area contributed by atoms with Gasteiger partial charge in [-0.2, -0.15) is 0 Å². The fraction of sp³-hybridized carbons (Fsp3) is 0.500. The van der Waals surface area contributed by atoms with Crippen molar-refractivity contribution in [2.24, 2.45) is 0 Å². The Balaban J connectivity index is -0.000000146. The van der Waals surface area contributed by atoms with Crippen molar-refractivity contribution < 1.29 is 142 Å². The molecule has 31 heteroatoms. The fourth-order valence-electron chi connectivity index (χ4n) is 1.91. The zero-order chi connectivity index (χ0) is 45.3. The Labute approximate surface area is 368 Å². The predicted molar refractivity (Wildman–Crippen MR) is 175 cm³/mol. The molecule has 0 atom stereocenters. The summed E-state index contributed by atoms with van der Waals surface area (Å²) in [5.41, 5.74) is 0. The van der Waals surface area contributed by atoms with Gasteiger partial charge in [0.25, 0.3) is 71.6 Å². The Morgan fingerprint density at radius 2 is 0.298 bits per heavy atom. The molecular formula is C26H39Al4NaO26.